The number of ketones is 1. The van der Waals surface area contributed by atoms with E-state index in [0.717, 1.165) is 11.8 Å². The van der Waals surface area contributed by atoms with E-state index in [4.69, 9.17) is 4.74 Å². The molecule has 0 aliphatic carbocycles. The number of carbonyl (C=O) groups is 2. The third kappa shape index (κ3) is 3.69. The van der Waals surface area contributed by atoms with Gasteiger partial charge in [-0.1, -0.05) is 6.07 Å². The first-order chi connectivity index (χ1) is 12.0. The zero-order valence-electron chi connectivity index (χ0n) is 13.1. The average molecular weight is 337 g/mol. The maximum atomic E-state index is 12.2. The van der Waals surface area contributed by atoms with Crippen molar-refractivity contribution in [2.45, 2.75) is 0 Å². The molecule has 0 saturated heterocycles. The van der Waals surface area contributed by atoms with Crippen molar-refractivity contribution in [2.24, 2.45) is 0 Å². The Kier molecular flexibility index (Phi) is 4.52. The molecule has 1 heterocycles. The molecule has 2 N–H and O–H groups in total. The topological polar surface area (TPSA) is 88.8 Å². The molecule has 0 aliphatic rings. The molecule has 6 nitrogen and oxygen atoms in total. The Labute approximate surface area is 143 Å². The number of benzene rings is 2. The summed E-state index contributed by atoms with van der Waals surface area (Å²) in [4.78, 5) is 24.2. The van der Waals surface area contributed by atoms with Gasteiger partial charge in [0.25, 0.3) is 0 Å². The summed E-state index contributed by atoms with van der Waals surface area (Å²) in [5.41, 5.74) is 1.09. The molecule has 0 saturated carbocycles. The molecule has 25 heavy (non-hydrogen) atoms. The van der Waals surface area contributed by atoms with Crippen molar-refractivity contribution in [3.63, 3.8) is 0 Å². The fourth-order valence-corrected chi connectivity index (χ4v) is 2.35. The van der Waals surface area contributed by atoms with Crippen molar-refractivity contribution in [3.8, 4) is 17.2 Å². The van der Waals surface area contributed by atoms with Crippen LogP contribution in [-0.2, 0) is 4.74 Å². The predicted octanol–water partition coefficient (Wildman–Crippen LogP) is 2.93. The van der Waals surface area contributed by atoms with E-state index in [2.05, 4.69) is 0 Å². The van der Waals surface area contributed by atoms with E-state index in [1.54, 1.807) is 18.2 Å². The Hall–Kier alpha value is -3.54. The Balaban J connectivity index is 1.68. The van der Waals surface area contributed by atoms with Crippen LogP contribution in [0.3, 0.4) is 0 Å². The van der Waals surface area contributed by atoms with Crippen LogP contribution in [0.5, 0.6) is 11.5 Å². The fourth-order valence-electron chi connectivity index (χ4n) is 2.35. The molecular formula is C19H15NO5. The highest BCUT2D eigenvalue weighted by atomic mass is 16.5. The van der Waals surface area contributed by atoms with Gasteiger partial charge in [-0.05, 0) is 42.5 Å². The number of Topliss-reactive ketones (excluding diaryl/α,β-unsaturated/α-hetero) is 1. The molecule has 126 valence electrons. The van der Waals surface area contributed by atoms with Gasteiger partial charge < -0.3 is 19.5 Å². The Morgan fingerprint density at radius 1 is 0.960 bits per heavy atom. The molecular weight excluding hydrogens is 322 g/mol. The molecule has 0 unspecified atom stereocenters. The lowest BCUT2D eigenvalue weighted by Crippen LogP contribution is -2.14. The summed E-state index contributed by atoms with van der Waals surface area (Å²) in [6, 6.07) is 14.2. The van der Waals surface area contributed by atoms with Crippen molar-refractivity contribution < 1.29 is 24.5 Å². The highest BCUT2D eigenvalue weighted by Gasteiger charge is 2.15. The number of ether oxygens (including phenoxy) is 1. The highest BCUT2D eigenvalue weighted by molar-refractivity contribution is 6.01. The van der Waals surface area contributed by atoms with Crippen LogP contribution < -0.4 is 0 Å². The second kappa shape index (κ2) is 6.92. The third-order valence-electron chi connectivity index (χ3n) is 3.60. The van der Waals surface area contributed by atoms with Gasteiger partial charge in [0, 0.05) is 24.1 Å². The summed E-state index contributed by atoms with van der Waals surface area (Å²) in [7, 11) is 0. The average Bonchev–Trinajstić information content (AvgIpc) is 3.14. The number of esters is 1. The largest absolute Gasteiger partial charge is 0.508 e. The van der Waals surface area contributed by atoms with E-state index in [9.17, 15) is 19.8 Å². The standard InChI is InChI=1S/C19H15NO5/c21-15-6-7-16(17(22)11-15)18(23)12-25-19(24)13-4-3-5-14(10-13)20-8-1-2-9-20/h1-11,21-22H,12H2. The number of aromatic hydroxyl groups is 2. The fraction of sp³-hybridized carbons (Fsp3) is 0.0526. The van der Waals surface area contributed by atoms with E-state index < -0.39 is 18.4 Å². The quantitative estimate of drug-likeness (QED) is 0.552. The molecule has 6 heteroatoms. The number of rotatable bonds is 5. The van der Waals surface area contributed by atoms with E-state index in [1.807, 2.05) is 35.2 Å². The SMILES string of the molecule is O=C(OCC(=O)c1ccc(O)cc1O)c1cccc(-n2cccc2)c1. The van der Waals surface area contributed by atoms with Gasteiger partial charge >= 0.3 is 5.97 Å². The van der Waals surface area contributed by atoms with Gasteiger partial charge in [-0.25, -0.2) is 4.79 Å². The normalized spacial score (nSPS) is 10.4. The zero-order valence-corrected chi connectivity index (χ0v) is 13.1. The van der Waals surface area contributed by atoms with Crippen molar-refractivity contribution in [1.29, 1.82) is 0 Å². The number of aromatic nitrogens is 1. The van der Waals surface area contributed by atoms with E-state index >= 15 is 0 Å². The highest BCUT2D eigenvalue weighted by Crippen LogP contribution is 2.23. The first-order valence-corrected chi connectivity index (χ1v) is 7.50. The number of phenols is 2. The van der Waals surface area contributed by atoms with Gasteiger partial charge in [-0.15, -0.1) is 0 Å². The maximum absolute atomic E-state index is 12.2. The molecule has 3 rings (SSSR count). The second-order valence-electron chi connectivity index (χ2n) is 5.34. The molecule has 0 atom stereocenters. The minimum Gasteiger partial charge on any atom is -0.508 e. The van der Waals surface area contributed by atoms with Crippen molar-refractivity contribution in [1.82, 2.24) is 4.57 Å². The summed E-state index contributed by atoms with van der Waals surface area (Å²) < 4.78 is 6.87. The summed E-state index contributed by atoms with van der Waals surface area (Å²) in [5.74, 6) is -1.73. The molecule has 0 fully saturated rings. The number of carbonyl (C=O) groups excluding carboxylic acids is 2. The third-order valence-corrected chi connectivity index (χ3v) is 3.60. The molecule has 1 aromatic heterocycles. The smallest absolute Gasteiger partial charge is 0.338 e. The lowest BCUT2D eigenvalue weighted by Gasteiger charge is -2.08. The van der Waals surface area contributed by atoms with E-state index in [-0.39, 0.29) is 17.1 Å². The molecule has 0 radical (unpaired) electrons. The monoisotopic (exact) mass is 337 g/mol. The maximum Gasteiger partial charge on any atom is 0.338 e. The van der Waals surface area contributed by atoms with Crippen LogP contribution >= 0.6 is 0 Å². The second-order valence-corrected chi connectivity index (χ2v) is 5.34. The number of nitrogens with zero attached hydrogens (tertiary/aromatic N) is 1. The molecule has 0 spiro atoms. The summed E-state index contributed by atoms with van der Waals surface area (Å²) in [5, 5.41) is 18.9. The van der Waals surface area contributed by atoms with Gasteiger partial charge in [-0.3, -0.25) is 4.79 Å². The zero-order chi connectivity index (χ0) is 17.8. The Morgan fingerprint density at radius 3 is 2.44 bits per heavy atom. The van der Waals surface area contributed by atoms with Crippen molar-refractivity contribution in [2.75, 3.05) is 6.61 Å². The van der Waals surface area contributed by atoms with Crippen LogP contribution in [0.1, 0.15) is 20.7 Å². The molecule has 0 bridgehead atoms. The lowest BCUT2D eigenvalue weighted by atomic mass is 10.1. The number of hydrogen-bond acceptors (Lipinski definition) is 5. The van der Waals surface area contributed by atoms with Gasteiger partial charge in [0.15, 0.2) is 6.61 Å². The Bertz CT molecular complexity index is 915. The van der Waals surface area contributed by atoms with Crippen LogP contribution in [0.2, 0.25) is 0 Å². The van der Waals surface area contributed by atoms with Gasteiger partial charge in [0.05, 0.1) is 11.1 Å². The number of phenolic OH excluding ortho intramolecular Hbond substituents is 2. The predicted molar refractivity (Wildman–Crippen MR) is 90.2 cm³/mol. The lowest BCUT2D eigenvalue weighted by molar-refractivity contribution is 0.0474. The molecule has 0 amide bonds. The van der Waals surface area contributed by atoms with Crippen molar-refractivity contribution >= 4 is 11.8 Å². The van der Waals surface area contributed by atoms with E-state index in [1.165, 1.54) is 12.1 Å². The summed E-state index contributed by atoms with van der Waals surface area (Å²) in [6.07, 6.45) is 3.70. The first-order valence-electron chi connectivity index (χ1n) is 7.50. The molecule has 0 aliphatic heterocycles. The van der Waals surface area contributed by atoms with Crippen LogP contribution in [0.15, 0.2) is 67.0 Å². The van der Waals surface area contributed by atoms with Crippen LogP contribution in [-0.4, -0.2) is 33.1 Å². The van der Waals surface area contributed by atoms with Crippen LogP contribution in [0, 0.1) is 0 Å². The molecule has 3 aromatic rings. The minimum atomic E-state index is -0.638. The summed E-state index contributed by atoms with van der Waals surface area (Å²) >= 11 is 0. The first kappa shape index (κ1) is 16.3. The minimum absolute atomic E-state index is 0.0216. The van der Waals surface area contributed by atoms with Gasteiger partial charge in [0.2, 0.25) is 5.78 Å². The van der Waals surface area contributed by atoms with Crippen molar-refractivity contribution in [3.05, 3.63) is 78.1 Å². The van der Waals surface area contributed by atoms with Crippen LogP contribution in [0.4, 0.5) is 0 Å². The summed E-state index contributed by atoms with van der Waals surface area (Å²) in [6.45, 7) is -0.509. The van der Waals surface area contributed by atoms with Crippen LogP contribution in [0.25, 0.3) is 5.69 Å². The van der Waals surface area contributed by atoms with Gasteiger partial charge in [0.1, 0.15) is 11.5 Å². The number of hydrogen-bond donors (Lipinski definition) is 2. The van der Waals surface area contributed by atoms with Gasteiger partial charge in [-0.2, -0.15) is 0 Å². The van der Waals surface area contributed by atoms with E-state index in [0.29, 0.717) is 5.56 Å². The molecule has 2 aromatic carbocycles. The Morgan fingerprint density at radius 2 is 1.72 bits per heavy atom.